The van der Waals surface area contributed by atoms with Crippen molar-refractivity contribution in [3.8, 4) is 0 Å². The topological polar surface area (TPSA) is 125 Å². The first kappa shape index (κ1) is 22.1. The molecule has 0 spiro atoms. The number of aromatic nitrogens is 2. The zero-order valence-electron chi connectivity index (χ0n) is 16.5. The monoisotopic (exact) mass is 402 g/mol. The van der Waals surface area contributed by atoms with E-state index in [1.807, 2.05) is 42.7 Å². The Morgan fingerprint density at radius 2 is 1.76 bits per heavy atom. The molecule has 0 atom stereocenters. The van der Waals surface area contributed by atoms with Gasteiger partial charge in [-0.05, 0) is 38.9 Å². The molecule has 9 nitrogen and oxygen atoms in total. The van der Waals surface area contributed by atoms with Gasteiger partial charge < -0.3 is 25.0 Å². The maximum absolute atomic E-state index is 12.9. The summed E-state index contributed by atoms with van der Waals surface area (Å²) < 4.78 is 1.86. The van der Waals surface area contributed by atoms with E-state index in [0.29, 0.717) is 18.0 Å². The number of fused-ring (bicyclic) bond motifs is 1. The van der Waals surface area contributed by atoms with E-state index in [0.717, 1.165) is 43.6 Å². The molecule has 0 amide bonds. The van der Waals surface area contributed by atoms with E-state index >= 15 is 0 Å². The van der Waals surface area contributed by atoms with E-state index in [2.05, 4.69) is 15.2 Å². The highest BCUT2D eigenvalue weighted by Gasteiger charge is 2.19. The number of carboxylic acids is 2. The molecular formula is C20H26N4O5. The minimum Gasteiger partial charge on any atom is -0.478 e. The van der Waals surface area contributed by atoms with Crippen LogP contribution in [0.25, 0.3) is 11.0 Å². The highest BCUT2D eigenvalue weighted by Crippen LogP contribution is 2.18. The molecule has 0 aliphatic carbocycles. The minimum atomic E-state index is -1.26. The second-order valence-corrected chi connectivity index (χ2v) is 6.79. The largest absolute Gasteiger partial charge is 0.478 e. The molecular weight excluding hydrogens is 376 g/mol. The average Bonchev–Trinajstić information content (AvgIpc) is 2.95. The predicted octanol–water partition coefficient (Wildman–Crippen LogP) is 1.49. The maximum atomic E-state index is 12.9. The van der Waals surface area contributed by atoms with Gasteiger partial charge in [-0.3, -0.25) is 4.79 Å². The molecule has 1 aliphatic heterocycles. The molecule has 3 rings (SSSR count). The van der Waals surface area contributed by atoms with Gasteiger partial charge >= 0.3 is 11.9 Å². The van der Waals surface area contributed by atoms with Crippen molar-refractivity contribution in [2.45, 2.75) is 26.3 Å². The van der Waals surface area contributed by atoms with Crippen molar-refractivity contribution in [1.82, 2.24) is 14.9 Å². The van der Waals surface area contributed by atoms with Crippen LogP contribution in [0, 0.1) is 0 Å². The third kappa shape index (κ3) is 6.15. The van der Waals surface area contributed by atoms with Gasteiger partial charge in [0.05, 0.1) is 11.0 Å². The Balaban J connectivity index is 0.000000321. The number of benzene rings is 1. The van der Waals surface area contributed by atoms with E-state index in [1.165, 1.54) is 0 Å². The van der Waals surface area contributed by atoms with E-state index in [4.69, 9.17) is 10.2 Å². The lowest BCUT2D eigenvalue weighted by molar-refractivity contribution is -0.134. The van der Waals surface area contributed by atoms with Crippen LogP contribution in [0.15, 0.2) is 41.2 Å². The van der Waals surface area contributed by atoms with Crippen LogP contribution in [-0.4, -0.2) is 57.9 Å². The summed E-state index contributed by atoms with van der Waals surface area (Å²) in [6, 6.07) is 8.00. The Morgan fingerprint density at radius 3 is 2.38 bits per heavy atom. The van der Waals surface area contributed by atoms with Crippen LogP contribution in [0.4, 0.5) is 5.82 Å². The minimum absolute atomic E-state index is 0.0191. The van der Waals surface area contributed by atoms with Crippen molar-refractivity contribution in [2.24, 2.45) is 0 Å². The summed E-state index contributed by atoms with van der Waals surface area (Å²) in [5.41, 5.74) is 1.82. The first-order valence-electron chi connectivity index (χ1n) is 9.42. The van der Waals surface area contributed by atoms with Crippen LogP contribution in [0.1, 0.15) is 26.3 Å². The summed E-state index contributed by atoms with van der Waals surface area (Å²) in [6.45, 7) is 7.70. The molecule has 1 aromatic carbocycles. The molecule has 3 N–H and O–H groups in total. The normalized spacial score (nSPS) is 14.5. The van der Waals surface area contributed by atoms with Gasteiger partial charge in [0.1, 0.15) is 0 Å². The van der Waals surface area contributed by atoms with Crippen molar-refractivity contribution in [2.75, 3.05) is 31.1 Å². The highest BCUT2D eigenvalue weighted by atomic mass is 16.4. The van der Waals surface area contributed by atoms with Crippen LogP contribution in [0.5, 0.6) is 0 Å². The first-order chi connectivity index (χ1) is 13.8. The number of nitrogens with one attached hydrogen (secondary N) is 1. The Morgan fingerprint density at radius 1 is 1.10 bits per heavy atom. The Labute approximate surface area is 168 Å². The predicted molar refractivity (Wildman–Crippen MR) is 110 cm³/mol. The van der Waals surface area contributed by atoms with Gasteiger partial charge in [0.25, 0.3) is 5.56 Å². The van der Waals surface area contributed by atoms with Crippen molar-refractivity contribution < 1.29 is 19.8 Å². The number of rotatable bonds is 4. The van der Waals surface area contributed by atoms with Gasteiger partial charge in [-0.25, -0.2) is 14.6 Å². The Kier molecular flexibility index (Phi) is 7.90. The van der Waals surface area contributed by atoms with Crippen molar-refractivity contribution in [1.29, 1.82) is 0 Å². The number of hydrogen-bond acceptors (Lipinski definition) is 6. The summed E-state index contributed by atoms with van der Waals surface area (Å²) >= 11 is 0. The summed E-state index contributed by atoms with van der Waals surface area (Å²) in [5, 5.41) is 19.0. The lowest BCUT2D eigenvalue weighted by Gasteiger charge is -2.23. The molecule has 1 aliphatic rings. The van der Waals surface area contributed by atoms with Gasteiger partial charge in [-0.15, -0.1) is 0 Å². The smallest absolute Gasteiger partial charge is 0.328 e. The van der Waals surface area contributed by atoms with Crippen LogP contribution in [-0.2, 0) is 9.59 Å². The Bertz CT molecular complexity index is 928. The van der Waals surface area contributed by atoms with Crippen molar-refractivity contribution in [3.63, 3.8) is 0 Å². The van der Waals surface area contributed by atoms with E-state index < -0.39 is 11.9 Å². The standard InChI is InChI=1S/C16H22N4O.C4H4O4/c1-12(2)20-14-7-4-3-6-13(14)18-15(16(20)21)19-10-5-8-17-9-11-19;5-3(6)1-2-4(7)8/h3-4,6-7,12,17H,5,8-11H2,1-2H3;1-2H,(H,5,6)(H,7,8)/b;2-1-. The molecule has 2 heterocycles. The lowest BCUT2D eigenvalue weighted by atomic mass is 10.2. The molecule has 29 heavy (non-hydrogen) atoms. The van der Waals surface area contributed by atoms with Gasteiger partial charge in [0.15, 0.2) is 5.82 Å². The highest BCUT2D eigenvalue weighted by molar-refractivity contribution is 5.89. The van der Waals surface area contributed by atoms with Gasteiger partial charge in [-0.2, -0.15) is 0 Å². The van der Waals surface area contributed by atoms with E-state index in [1.54, 1.807) is 0 Å². The number of carboxylic acid groups (broad SMARTS) is 2. The van der Waals surface area contributed by atoms with Crippen LogP contribution >= 0.6 is 0 Å². The number of nitrogens with zero attached hydrogens (tertiary/aromatic N) is 3. The van der Waals surface area contributed by atoms with Crippen molar-refractivity contribution >= 4 is 28.8 Å². The summed E-state index contributed by atoms with van der Waals surface area (Å²) in [6.07, 6.45) is 2.15. The number of aliphatic carboxylic acids is 2. The molecule has 156 valence electrons. The number of carbonyl (C=O) groups is 2. The molecule has 1 aromatic heterocycles. The van der Waals surface area contributed by atoms with Gasteiger partial charge in [-0.1, -0.05) is 12.1 Å². The van der Waals surface area contributed by atoms with Gasteiger partial charge in [0.2, 0.25) is 0 Å². The first-order valence-corrected chi connectivity index (χ1v) is 9.42. The number of anilines is 1. The molecule has 0 unspecified atom stereocenters. The molecule has 0 saturated carbocycles. The van der Waals surface area contributed by atoms with Gasteiger partial charge in [0, 0.05) is 37.8 Å². The zero-order chi connectivity index (χ0) is 21.4. The number of para-hydroxylation sites is 2. The molecule has 9 heteroatoms. The lowest BCUT2D eigenvalue weighted by Crippen LogP contribution is -2.36. The van der Waals surface area contributed by atoms with E-state index in [9.17, 15) is 14.4 Å². The SMILES string of the molecule is CC(C)n1c(=O)c(N2CCCNCC2)nc2ccccc21.O=C(O)/C=C\C(=O)O. The fraction of sp³-hybridized carbons (Fsp3) is 0.400. The molecule has 2 aromatic rings. The van der Waals surface area contributed by atoms with Crippen LogP contribution in [0.2, 0.25) is 0 Å². The zero-order valence-corrected chi connectivity index (χ0v) is 16.5. The second-order valence-electron chi connectivity index (χ2n) is 6.79. The van der Waals surface area contributed by atoms with Crippen LogP contribution in [0.3, 0.4) is 0 Å². The third-order valence-electron chi connectivity index (χ3n) is 4.30. The molecule has 0 bridgehead atoms. The fourth-order valence-electron chi connectivity index (χ4n) is 3.06. The summed E-state index contributed by atoms with van der Waals surface area (Å²) in [7, 11) is 0. The summed E-state index contributed by atoms with van der Waals surface area (Å²) in [4.78, 5) is 38.7. The molecule has 0 radical (unpaired) electrons. The van der Waals surface area contributed by atoms with Crippen LogP contribution < -0.4 is 15.8 Å². The number of hydrogen-bond donors (Lipinski definition) is 3. The van der Waals surface area contributed by atoms with Crippen molar-refractivity contribution in [3.05, 3.63) is 46.8 Å². The third-order valence-corrected chi connectivity index (χ3v) is 4.30. The molecule has 1 saturated heterocycles. The second kappa shape index (κ2) is 10.4. The quantitative estimate of drug-likeness (QED) is 0.657. The molecule has 1 fully saturated rings. The summed E-state index contributed by atoms with van der Waals surface area (Å²) in [5.74, 6) is -1.93. The maximum Gasteiger partial charge on any atom is 0.328 e. The van der Waals surface area contributed by atoms with E-state index in [-0.39, 0.29) is 11.6 Å². The Hall–Kier alpha value is -3.20. The fourth-order valence-corrected chi connectivity index (χ4v) is 3.06. The average molecular weight is 402 g/mol.